The van der Waals surface area contributed by atoms with Crippen molar-refractivity contribution in [3.8, 4) is 0 Å². The van der Waals surface area contributed by atoms with Crippen LogP contribution in [0.4, 0.5) is 0 Å². The number of carbonyl (C=O) groups is 1. The summed E-state index contributed by atoms with van der Waals surface area (Å²) in [6, 6.07) is -0.360. The van der Waals surface area contributed by atoms with Gasteiger partial charge in [-0.25, -0.2) is 0 Å². The zero-order valence-corrected chi connectivity index (χ0v) is 10.9. The molecule has 0 aliphatic carbocycles. The van der Waals surface area contributed by atoms with E-state index in [1.165, 1.54) is 0 Å². The van der Waals surface area contributed by atoms with Crippen molar-refractivity contribution in [1.29, 1.82) is 0 Å². The molecule has 1 unspecified atom stereocenters. The SMILES string of the molecule is C=CCNC(=O)C(C)NC(C)(C)C(C)(C)O. The molecule has 16 heavy (non-hydrogen) atoms. The maximum Gasteiger partial charge on any atom is 0.237 e. The normalized spacial score (nSPS) is 14.4. The molecule has 94 valence electrons. The first kappa shape index (κ1) is 15.1. The lowest BCUT2D eigenvalue weighted by atomic mass is 9.85. The van der Waals surface area contributed by atoms with Gasteiger partial charge >= 0.3 is 0 Å². The molecule has 0 bridgehead atoms. The Labute approximate surface area is 98.1 Å². The highest BCUT2D eigenvalue weighted by atomic mass is 16.3. The highest BCUT2D eigenvalue weighted by molar-refractivity contribution is 5.81. The van der Waals surface area contributed by atoms with Crippen LogP contribution in [0.3, 0.4) is 0 Å². The number of hydrogen-bond acceptors (Lipinski definition) is 3. The molecular formula is C12H24N2O2. The van der Waals surface area contributed by atoms with E-state index in [1.807, 2.05) is 13.8 Å². The van der Waals surface area contributed by atoms with Gasteiger partial charge in [0.15, 0.2) is 0 Å². The van der Waals surface area contributed by atoms with Crippen molar-refractivity contribution in [2.75, 3.05) is 6.54 Å². The summed E-state index contributed by atoms with van der Waals surface area (Å²) < 4.78 is 0. The van der Waals surface area contributed by atoms with E-state index in [9.17, 15) is 9.90 Å². The van der Waals surface area contributed by atoms with Gasteiger partial charge in [0.2, 0.25) is 5.91 Å². The van der Waals surface area contributed by atoms with Gasteiger partial charge in [-0.15, -0.1) is 6.58 Å². The second-order valence-corrected chi connectivity index (χ2v) is 5.08. The Balaban J connectivity index is 4.38. The van der Waals surface area contributed by atoms with Gasteiger partial charge in [0.25, 0.3) is 0 Å². The number of nitrogens with one attached hydrogen (secondary N) is 2. The van der Waals surface area contributed by atoms with Gasteiger partial charge in [-0.05, 0) is 34.6 Å². The fourth-order valence-electron chi connectivity index (χ4n) is 1.11. The van der Waals surface area contributed by atoms with Crippen LogP contribution in [0.25, 0.3) is 0 Å². The third kappa shape index (κ3) is 4.33. The Morgan fingerprint density at radius 3 is 2.31 bits per heavy atom. The van der Waals surface area contributed by atoms with Crippen LogP contribution in [0.5, 0.6) is 0 Å². The summed E-state index contributed by atoms with van der Waals surface area (Å²) in [7, 11) is 0. The Morgan fingerprint density at radius 1 is 1.44 bits per heavy atom. The van der Waals surface area contributed by atoms with E-state index < -0.39 is 11.1 Å². The average molecular weight is 228 g/mol. The van der Waals surface area contributed by atoms with Gasteiger partial charge in [-0.2, -0.15) is 0 Å². The van der Waals surface area contributed by atoms with E-state index in [0.717, 1.165) is 0 Å². The maximum absolute atomic E-state index is 11.6. The zero-order chi connectivity index (χ0) is 13.0. The van der Waals surface area contributed by atoms with E-state index in [4.69, 9.17) is 0 Å². The molecule has 0 saturated heterocycles. The minimum atomic E-state index is -0.903. The molecular weight excluding hydrogens is 204 g/mol. The van der Waals surface area contributed by atoms with Gasteiger partial charge in [-0.3, -0.25) is 10.1 Å². The Morgan fingerprint density at radius 2 is 1.94 bits per heavy atom. The molecule has 3 N–H and O–H groups in total. The fourth-order valence-corrected chi connectivity index (χ4v) is 1.11. The van der Waals surface area contributed by atoms with Gasteiger partial charge in [0.1, 0.15) is 0 Å². The molecule has 0 aromatic heterocycles. The molecule has 0 aliphatic heterocycles. The summed E-state index contributed by atoms with van der Waals surface area (Å²) in [6.45, 7) is 12.9. The summed E-state index contributed by atoms with van der Waals surface area (Å²) in [6.07, 6.45) is 1.63. The number of aliphatic hydroxyl groups is 1. The summed E-state index contributed by atoms with van der Waals surface area (Å²) in [5.41, 5.74) is -1.45. The first-order valence-corrected chi connectivity index (χ1v) is 5.50. The zero-order valence-electron chi connectivity index (χ0n) is 10.9. The monoisotopic (exact) mass is 228 g/mol. The maximum atomic E-state index is 11.6. The van der Waals surface area contributed by atoms with E-state index in [0.29, 0.717) is 6.54 Å². The number of hydrogen-bond donors (Lipinski definition) is 3. The van der Waals surface area contributed by atoms with E-state index >= 15 is 0 Å². The van der Waals surface area contributed by atoms with Crippen molar-refractivity contribution in [3.05, 3.63) is 12.7 Å². The molecule has 0 spiro atoms. The summed E-state index contributed by atoms with van der Waals surface area (Å²) >= 11 is 0. The Bertz CT molecular complexity index is 254. The van der Waals surface area contributed by atoms with Crippen LogP contribution >= 0.6 is 0 Å². The van der Waals surface area contributed by atoms with E-state index in [-0.39, 0.29) is 11.9 Å². The molecule has 0 rings (SSSR count). The predicted molar refractivity (Wildman–Crippen MR) is 66.2 cm³/mol. The van der Waals surface area contributed by atoms with Gasteiger partial charge in [0.05, 0.1) is 11.6 Å². The van der Waals surface area contributed by atoms with E-state index in [2.05, 4.69) is 17.2 Å². The molecule has 0 saturated carbocycles. The summed E-state index contributed by atoms with van der Waals surface area (Å²) in [4.78, 5) is 11.6. The lowest BCUT2D eigenvalue weighted by molar-refractivity contribution is -0.123. The quantitative estimate of drug-likeness (QED) is 0.590. The van der Waals surface area contributed by atoms with Gasteiger partial charge in [-0.1, -0.05) is 6.08 Å². The van der Waals surface area contributed by atoms with Crippen LogP contribution in [0.15, 0.2) is 12.7 Å². The Kier molecular flexibility index (Phi) is 5.16. The minimum Gasteiger partial charge on any atom is -0.389 e. The average Bonchev–Trinajstić information content (AvgIpc) is 2.11. The van der Waals surface area contributed by atoms with Crippen LogP contribution in [0, 0.1) is 0 Å². The molecule has 0 aromatic rings. The van der Waals surface area contributed by atoms with Crippen molar-refractivity contribution >= 4 is 5.91 Å². The summed E-state index contributed by atoms with van der Waals surface area (Å²) in [5.74, 6) is -0.0998. The first-order valence-electron chi connectivity index (χ1n) is 5.50. The van der Waals surface area contributed by atoms with E-state index in [1.54, 1.807) is 26.8 Å². The van der Waals surface area contributed by atoms with Crippen molar-refractivity contribution in [3.63, 3.8) is 0 Å². The van der Waals surface area contributed by atoms with Crippen LogP contribution in [0.1, 0.15) is 34.6 Å². The first-order chi connectivity index (χ1) is 7.12. The van der Waals surface area contributed by atoms with Crippen LogP contribution in [0.2, 0.25) is 0 Å². The smallest absolute Gasteiger partial charge is 0.237 e. The predicted octanol–water partition coefficient (Wildman–Crippen LogP) is 0.816. The van der Waals surface area contributed by atoms with Gasteiger partial charge in [0, 0.05) is 12.1 Å². The highest BCUT2D eigenvalue weighted by Crippen LogP contribution is 2.20. The second kappa shape index (κ2) is 5.46. The molecule has 0 radical (unpaired) electrons. The molecule has 0 heterocycles. The highest BCUT2D eigenvalue weighted by Gasteiger charge is 2.36. The Hall–Kier alpha value is -0.870. The molecule has 0 fully saturated rings. The minimum absolute atomic E-state index is 0.0998. The van der Waals surface area contributed by atoms with Crippen molar-refractivity contribution < 1.29 is 9.90 Å². The standard InChI is InChI=1S/C12H24N2O2/c1-7-8-13-10(15)9(2)14-11(3,4)12(5,6)16/h7,9,14,16H,1,8H2,2-6H3,(H,13,15). The van der Waals surface area contributed by atoms with Crippen molar-refractivity contribution in [2.24, 2.45) is 0 Å². The number of amides is 1. The lowest BCUT2D eigenvalue weighted by Gasteiger charge is -2.40. The number of rotatable bonds is 6. The van der Waals surface area contributed by atoms with Crippen molar-refractivity contribution in [1.82, 2.24) is 10.6 Å². The molecule has 4 nitrogen and oxygen atoms in total. The second-order valence-electron chi connectivity index (χ2n) is 5.08. The molecule has 0 aromatic carbocycles. The fraction of sp³-hybridized carbons (Fsp3) is 0.750. The molecule has 4 heteroatoms. The summed E-state index contributed by atoms with van der Waals surface area (Å²) in [5, 5.41) is 15.8. The largest absolute Gasteiger partial charge is 0.389 e. The molecule has 1 amide bonds. The third-order valence-electron chi connectivity index (χ3n) is 2.92. The van der Waals surface area contributed by atoms with Crippen LogP contribution in [-0.2, 0) is 4.79 Å². The number of carbonyl (C=O) groups excluding carboxylic acids is 1. The topological polar surface area (TPSA) is 61.4 Å². The van der Waals surface area contributed by atoms with Crippen LogP contribution in [-0.4, -0.2) is 34.7 Å². The lowest BCUT2D eigenvalue weighted by Crippen LogP contribution is -2.61. The van der Waals surface area contributed by atoms with Gasteiger partial charge < -0.3 is 10.4 Å². The third-order valence-corrected chi connectivity index (χ3v) is 2.92. The van der Waals surface area contributed by atoms with Crippen molar-refractivity contribution in [2.45, 2.75) is 51.8 Å². The molecule has 0 aliphatic rings. The van der Waals surface area contributed by atoms with Crippen LogP contribution < -0.4 is 10.6 Å². The molecule has 1 atom stereocenters.